The molecule has 0 unspecified atom stereocenters. The molecule has 17 heavy (non-hydrogen) atoms. The lowest BCUT2D eigenvalue weighted by atomic mass is 10.2. The molecule has 0 bridgehead atoms. The maximum Gasteiger partial charge on any atom is 0.402 e. The average molecular weight is 244 g/mol. The van der Waals surface area contributed by atoms with Crippen LogP contribution in [-0.4, -0.2) is 18.2 Å². The van der Waals surface area contributed by atoms with Crippen molar-refractivity contribution in [1.29, 1.82) is 0 Å². The Morgan fingerprint density at radius 2 is 1.06 bits per heavy atom. The molecule has 0 saturated heterocycles. The zero-order valence-electron chi connectivity index (χ0n) is 10.0. The Morgan fingerprint density at radius 1 is 0.706 bits per heavy atom. The van der Waals surface area contributed by atoms with Crippen LogP contribution < -0.4 is 10.4 Å². The summed E-state index contributed by atoms with van der Waals surface area (Å²) in [6.45, 7) is 3.81. The van der Waals surface area contributed by atoms with Gasteiger partial charge in [0.25, 0.3) is 0 Å². The van der Waals surface area contributed by atoms with Gasteiger partial charge in [-0.2, -0.15) is 0 Å². The number of hydrogen-bond donors (Lipinski definition) is 2. The third kappa shape index (κ3) is 2.17. The maximum atomic E-state index is 10.5. The molecule has 0 spiro atoms. The molecule has 88 valence electrons. The molecule has 0 saturated carbocycles. The smallest absolute Gasteiger partial charge is 0.402 e. The largest absolute Gasteiger partial charge is 0.404 e. The summed E-state index contributed by atoms with van der Waals surface area (Å²) in [6.07, 6.45) is 0. The fourth-order valence-corrected chi connectivity index (χ4v) is 4.29. The van der Waals surface area contributed by atoms with Gasteiger partial charge in [-0.25, -0.2) is 0 Å². The van der Waals surface area contributed by atoms with Crippen LogP contribution in [-0.2, 0) is 0 Å². The molecule has 0 aliphatic carbocycles. The lowest BCUT2D eigenvalue weighted by Crippen LogP contribution is -2.60. The van der Waals surface area contributed by atoms with Crippen LogP contribution in [0.5, 0.6) is 0 Å². The SMILES string of the molecule is Cc1ccccc1[Si](O)(O)c1ccccc1C. The van der Waals surface area contributed by atoms with E-state index in [9.17, 15) is 9.59 Å². The van der Waals surface area contributed by atoms with Crippen LogP contribution in [0.3, 0.4) is 0 Å². The van der Waals surface area contributed by atoms with Crippen molar-refractivity contribution in [2.75, 3.05) is 0 Å². The second-order valence-electron chi connectivity index (χ2n) is 4.30. The Kier molecular flexibility index (Phi) is 3.15. The molecule has 3 heteroatoms. The van der Waals surface area contributed by atoms with E-state index >= 15 is 0 Å². The van der Waals surface area contributed by atoms with E-state index in [1.807, 2.05) is 50.2 Å². The lowest BCUT2D eigenvalue weighted by molar-refractivity contribution is 0.401. The first-order valence-electron chi connectivity index (χ1n) is 5.60. The Balaban J connectivity index is 2.58. The Bertz CT molecular complexity index is 488. The van der Waals surface area contributed by atoms with E-state index in [-0.39, 0.29) is 0 Å². The van der Waals surface area contributed by atoms with Gasteiger partial charge in [-0.05, 0) is 25.0 Å². The van der Waals surface area contributed by atoms with Gasteiger partial charge in [-0.15, -0.1) is 0 Å². The summed E-state index contributed by atoms with van der Waals surface area (Å²) in [5.41, 5.74) is 1.85. The summed E-state index contributed by atoms with van der Waals surface area (Å²) in [5, 5.41) is 1.32. The monoisotopic (exact) mass is 244 g/mol. The normalized spacial score (nSPS) is 11.5. The van der Waals surface area contributed by atoms with E-state index in [0.717, 1.165) is 11.1 Å². The summed E-state index contributed by atoms with van der Waals surface area (Å²) in [7, 11) is -3.54. The minimum absolute atomic E-state index is 0.661. The highest BCUT2D eigenvalue weighted by molar-refractivity contribution is 6.91. The molecule has 2 N–H and O–H groups in total. The molecule has 2 aromatic rings. The molecule has 0 atom stereocenters. The van der Waals surface area contributed by atoms with Crippen molar-refractivity contribution in [3.63, 3.8) is 0 Å². The van der Waals surface area contributed by atoms with Crippen LogP contribution in [0.25, 0.3) is 0 Å². The second-order valence-corrected chi connectivity index (χ2v) is 6.72. The highest BCUT2D eigenvalue weighted by Gasteiger charge is 2.36. The number of benzene rings is 2. The predicted octanol–water partition coefficient (Wildman–Crippen LogP) is 0.844. The van der Waals surface area contributed by atoms with Crippen molar-refractivity contribution in [2.45, 2.75) is 13.8 Å². The van der Waals surface area contributed by atoms with Crippen molar-refractivity contribution in [3.05, 3.63) is 59.7 Å². The molecule has 0 aliphatic heterocycles. The van der Waals surface area contributed by atoms with Gasteiger partial charge in [0.2, 0.25) is 0 Å². The number of rotatable bonds is 2. The first kappa shape index (κ1) is 12.0. The third-order valence-electron chi connectivity index (χ3n) is 3.04. The van der Waals surface area contributed by atoms with E-state index in [2.05, 4.69) is 0 Å². The standard InChI is InChI=1S/C14H16O2Si/c1-11-7-3-5-9-13(11)17(15,16)14-10-6-4-8-12(14)2/h3-10,15-16H,1-2H3. The van der Waals surface area contributed by atoms with Gasteiger partial charge in [-0.1, -0.05) is 48.5 Å². The quantitative estimate of drug-likeness (QED) is 0.769. The molecule has 2 nitrogen and oxygen atoms in total. The topological polar surface area (TPSA) is 40.5 Å². The number of hydrogen-bond acceptors (Lipinski definition) is 2. The van der Waals surface area contributed by atoms with Crippen LogP contribution in [0.1, 0.15) is 11.1 Å². The fourth-order valence-electron chi connectivity index (χ4n) is 2.07. The number of aryl methyl sites for hydroxylation is 2. The zero-order chi connectivity index (χ0) is 12.5. The van der Waals surface area contributed by atoms with Crippen molar-refractivity contribution >= 4 is 18.9 Å². The van der Waals surface area contributed by atoms with Crippen LogP contribution >= 0.6 is 0 Å². The molecule has 2 rings (SSSR count). The van der Waals surface area contributed by atoms with Crippen molar-refractivity contribution in [1.82, 2.24) is 0 Å². The van der Waals surface area contributed by atoms with Crippen LogP contribution in [0.4, 0.5) is 0 Å². The van der Waals surface area contributed by atoms with Gasteiger partial charge in [0.05, 0.1) is 0 Å². The molecule has 0 amide bonds. The van der Waals surface area contributed by atoms with Crippen LogP contribution in [0.15, 0.2) is 48.5 Å². The summed E-state index contributed by atoms with van der Waals surface area (Å²) in [4.78, 5) is 21.0. The first-order valence-corrected chi connectivity index (χ1v) is 7.50. The molecule has 0 radical (unpaired) electrons. The minimum Gasteiger partial charge on any atom is -0.404 e. The molecular formula is C14H16O2Si. The van der Waals surface area contributed by atoms with E-state index in [0.29, 0.717) is 10.4 Å². The van der Waals surface area contributed by atoms with Crippen molar-refractivity contribution in [2.24, 2.45) is 0 Å². The summed E-state index contributed by atoms with van der Waals surface area (Å²) in [6, 6.07) is 14.9. The van der Waals surface area contributed by atoms with E-state index in [1.54, 1.807) is 12.1 Å². The summed E-state index contributed by atoms with van der Waals surface area (Å²) < 4.78 is 0. The molecule has 0 heterocycles. The second kappa shape index (κ2) is 4.45. The Labute approximate surface area is 102 Å². The molecule has 2 aromatic carbocycles. The molecule has 0 aliphatic rings. The fraction of sp³-hybridized carbons (Fsp3) is 0.143. The Morgan fingerprint density at radius 3 is 1.41 bits per heavy atom. The van der Waals surface area contributed by atoms with E-state index in [1.165, 1.54) is 0 Å². The van der Waals surface area contributed by atoms with Crippen molar-refractivity contribution in [3.8, 4) is 0 Å². The predicted molar refractivity (Wildman–Crippen MR) is 71.8 cm³/mol. The van der Waals surface area contributed by atoms with Crippen LogP contribution in [0, 0.1) is 13.8 Å². The average Bonchev–Trinajstić information content (AvgIpc) is 2.29. The van der Waals surface area contributed by atoms with E-state index < -0.39 is 8.56 Å². The molecule has 0 aromatic heterocycles. The highest BCUT2D eigenvalue weighted by atomic mass is 28.4. The van der Waals surface area contributed by atoms with Gasteiger partial charge >= 0.3 is 8.56 Å². The summed E-state index contributed by atoms with van der Waals surface area (Å²) in [5.74, 6) is 0. The van der Waals surface area contributed by atoms with Crippen LogP contribution in [0.2, 0.25) is 0 Å². The molecular weight excluding hydrogens is 228 g/mol. The minimum atomic E-state index is -3.54. The van der Waals surface area contributed by atoms with Gasteiger partial charge in [0, 0.05) is 10.4 Å². The summed E-state index contributed by atoms with van der Waals surface area (Å²) >= 11 is 0. The Hall–Kier alpha value is -1.42. The first-order chi connectivity index (χ1) is 8.03. The highest BCUT2D eigenvalue weighted by Crippen LogP contribution is 2.05. The molecule has 0 fully saturated rings. The lowest BCUT2D eigenvalue weighted by Gasteiger charge is -2.22. The maximum absolute atomic E-state index is 10.5. The van der Waals surface area contributed by atoms with Gasteiger partial charge < -0.3 is 9.59 Å². The van der Waals surface area contributed by atoms with Gasteiger partial charge in [0.1, 0.15) is 0 Å². The third-order valence-corrected chi connectivity index (χ3v) is 5.67. The van der Waals surface area contributed by atoms with Crippen molar-refractivity contribution < 1.29 is 9.59 Å². The van der Waals surface area contributed by atoms with Gasteiger partial charge in [-0.3, -0.25) is 0 Å². The van der Waals surface area contributed by atoms with Gasteiger partial charge in [0.15, 0.2) is 0 Å². The zero-order valence-corrected chi connectivity index (χ0v) is 11.0. The van der Waals surface area contributed by atoms with E-state index in [4.69, 9.17) is 0 Å².